The van der Waals surface area contributed by atoms with Gasteiger partial charge in [0.1, 0.15) is 12.4 Å². The van der Waals surface area contributed by atoms with E-state index in [2.05, 4.69) is 32.9 Å². The van der Waals surface area contributed by atoms with Crippen molar-refractivity contribution in [3.05, 3.63) is 51.9 Å². The van der Waals surface area contributed by atoms with Crippen LogP contribution in [0, 0.1) is 0 Å². The van der Waals surface area contributed by atoms with Crippen molar-refractivity contribution in [3.8, 4) is 17.2 Å². The van der Waals surface area contributed by atoms with Crippen LogP contribution < -0.4 is 19.8 Å². The number of hydrogen-bond acceptors (Lipinski definition) is 4. The molecule has 29 heavy (non-hydrogen) atoms. The molecule has 0 atom stereocenters. The van der Waals surface area contributed by atoms with Crippen LogP contribution in [0.1, 0.15) is 47.5 Å². The molecule has 0 saturated heterocycles. The summed E-state index contributed by atoms with van der Waals surface area (Å²) in [5, 5.41) is 0.819. The lowest BCUT2D eigenvalue weighted by Gasteiger charge is -2.18. The molecular weight excluding hydrogens is 366 g/mol. The van der Waals surface area contributed by atoms with Gasteiger partial charge in [0.2, 0.25) is 5.75 Å². The summed E-state index contributed by atoms with van der Waals surface area (Å²) in [7, 11) is 3.34. The van der Waals surface area contributed by atoms with Crippen molar-refractivity contribution in [2.45, 2.75) is 53.6 Å². The van der Waals surface area contributed by atoms with Crippen LogP contribution in [0.2, 0.25) is 0 Å². The molecule has 0 aliphatic rings. The standard InChI is InChI=1S/C24H33NO4/c1-16(2)9-8-10-18(5)13-14-28-22-20-12-11-19(27-7)15-21(20)25(6)24(26)23(22)29-17(3)4/h9,11-13,15,17H,8,10,14H2,1-7H3/b18-13+. The van der Waals surface area contributed by atoms with Crippen molar-refractivity contribution in [3.63, 3.8) is 0 Å². The van der Waals surface area contributed by atoms with E-state index in [-0.39, 0.29) is 17.4 Å². The van der Waals surface area contributed by atoms with Gasteiger partial charge >= 0.3 is 0 Å². The third-order valence-electron chi connectivity index (χ3n) is 4.62. The molecule has 0 bridgehead atoms. The Morgan fingerprint density at radius 3 is 2.48 bits per heavy atom. The summed E-state index contributed by atoms with van der Waals surface area (Å²) in [6.45, 7) is 10.5. The molecule has 0 amide bonds. The maximum Gasteiger partial charge on any atom is 0.297 e. The zero-order valence-corrected chi connectivity index (χ0v) is 18.7. The van der Waals surface area contributed by atoms with Gasteiger partial charge in [0.05, 0.1) is 18.7 Å². The molecule has 0 unspecified atom stereocenters. The monoisotopic (exact) mass is 399 g/mol. The first-order valence-corrected chi connectivity index (χ1v) is 10.0. The van der Waals surface area contributed by atoms with Gasteiger partial charge in [-0.1, -0.05) is 17.2 Å². The number of benzene rings is 1. The Morgan fingerprint density at radius 1 is 1.14 bits per heavy atom. The van der Waals surface area contributed by atoms with E-state index in [1.807, 2.05) is 32.0 Å². The molecule has 0 aliphatic carbocycles. The summed E-state index contributed by atoms with van der Waals surface area (Å²) in [5.74, 6) is 1.41. The van der Waals surface area contributed by atoms with Crippen LogP contribution in [0.25, 0.3) is 10.9 Å². The summed E-state index contributed by atoms with van der Waals surface area (Å²) in [6.07, 6.45) is 6.15. The molecule has 1 aromatic carbocycles. The Balaban J connectivity index is 2.40. The maximum atomic E-state index is 12.9. The van der Waals surface area contributed by atoms with Crippen LogP contribution in [0.15, 0.2) is 46.3 Å². The first-order valence-electron chi connectivity index (χ1n) is 10.0. The van der Waals surface area contributed by atoms with Gasteiger partial charge in [-0.15, -0.1) is 0 Å². The van der Waals surface area contributed by atoms with E-state index < -0.39 is 0 Å². The summed E-state index contributed by atoms with van der Waals surface area (Å²) < 4.78 is 18.8. The predicted octanol–water partition coefficient (Wildman–Crippen LogP) is 5.41. The number of allylic oxidation sites excluding steroid dienone is 3. The van der Waals surface area contributed by atoms with E-state index >= 15 is 0 Å². The number of fused-ring (bicyclic) bond motifs is 1. The molecule has 0 saturated carbocycles. The Bertz CT molecular complexity index is 963. The third kappa shape index (κ3) is 5.89. The van der Waals surface area contributed by atoms with Gasteiger partial charge in [0.25, 0.3) is 5.56 Å². The van der Waals surface area contributed by atoms with Crippen LogP contribution >= 0.6 is 0 Å². The van der Waals surface area contributed by atoms with E-state index in [9.17, 15) is 4.79 Å². The van der Waals surface area contributed by atoms with Crippen molar-refractivity contribution < 1.29 is 14.2 Å². The molecule has 0 radical (unpaired) electrons. The van der Waals surface area contributed by atoms with E-state index in [1.54, 1.807) is 18.7 Å². The fraction of sp³-hybridized carbons (Fsp3) is 0.458. The number of hydrogen-bond donors (Lipinski definition) is 0. The highest BCUT2D eigenvalue weighted by molar-refractivity contribution is 5.89. The third-order valence-corrected chi connectivity index (χ3v) is 4.62. The Hall–Kier alpha value is -2.69. The quantitative estimate of drug-likeness (QED) is 0.529. The number of rotatable bonds is 9. The van der Waals surface area contributed by atoms with Gasteiger partial charge in [0, 0.05) is 18.5 Å². The van der Waals surface area contributed by atoms with Crippen molar-refractivity contribution in [1.29, 1.82) is 0 Å². The van der Waals surface area contributed by atoms with Crippen LogP contribution in [-0.4, -0.2) is 24.4 Å². The summed E-state index contributed by atoms with van der Waals surface area (Å²) in [6, 6.07) is 5.60. The second-order valence-corrected chi connectivity index (χ2v) is 7.75. The van der Waals surface area contributed by atoms with Gasteiger partial charge in [-0.25, -0.2) is 0 Å². The molecule has 1 heterocycles. The average Bonchev–Trinajstić information content (AvgIpc) is 2.67. The Morgan fingerprint density at radius 2 is 1.86 bits per heavy atom. The second kappa shape index (κ2) is 10.2. The van der Waals surface area contributed by atoms with E-state index in [0.717, 1.165) is 23.7 Å². The Labute approximate surface area is 173 Å². The van der Waals surface area contributed by atoms with Crippen molar-refractivity contribution >= 4 is 10.9 Å². The zero-order valence-electron chi connectivity index (χ0n) is 18.7. The summed E-state index contributed by atoms with van der Waals surface area (Å²) in [5.41, 5.74) is 3.10. The highest BCUT2D eigenvalue weighted by Crippen LogP contribution is 2.35. The maximum absolute atomic E-state index is 12.9. The number of aromatic nitrogens is 1. The number of pyridine rings is 1. The van der Waals surface area contributed by atoms with E-state index in [1.165, 1.54) is 11.1 Å². The fourth-order valence-corrected chi connectivity index (χ4v) is 3.03. The minimum Gasteiger partial charge on any atom is -0.497 e. The lowest BCUT2D eigenvalue weighted by Crippen LogP contribution is -2.23. The van der Waals surface area contributed by atoms with Crippen LogP contribution in [0.4, 0.5) is 0 Å². The first-order chi connectivity index (χ1) is 13.7. The highest BCUT2D eigenvalue weighted by atomic mass is 16.5. The largest absolute Gasteiger partial charge is 0.497 e. The van der Waals surface area contributed by atoms with E-state index in [0.29, 0.717) is 18.1 Å². The summed E-state index contributed by atoms with van der Waals surface area (Å²) >= 11 is 0. The molecule has 5 heteroatoms. The molecular formula is C24H33NO4. The molecule has 158 valence electrons. The van der Waals surface area contributed by atoms with Gasteiger partial charge in [-0.05, 0) is 65.7 Å². The smallest absolute Gasteiger partial charge is 0.297 e. The molecule has 1 aromatic heterocycles. The molecule has 2 aromatic rings. The average molecular weight is 400 g/mol. The number of aryl methyl sites for hydroxylation is 1. The second-order valence-electron chi connectivity index (χ2n) is 7.75. The van der Waals surface area contributed by atoms with Gasteiger partial charge in [-0.2, -0.15) is 0 Å². The number of ether oxygens (including phenoxy) is 3. The highest BCUT2D eigenvalue weighted by Gasteiger charge is 2.19. The lowest BCUT2D eigenvalue weighted by atomic mass is 10.1. The van der Waals surface area contributed by atoms with Gasteiger partial charge in [0.15, 0.2) is 5.75 Å². The van der Waals surface area contributed by atoms with Crippen LogP contribution in [0.5, 0.6) is 17.2 Å². The molecule has 2 rings (SSSR count). The van der Waals surface area contributed by atoms with Gasteiger partial charge in [-0.3, -0.25) is 4.79 Å². The molecule has 0 fully saturated rings. The Kier molecular flexibility index (Phi) is 7.94. The van der Waals surface area contributed by atoms with Crippen LogP contribution in [0.3, 0.4) is 0 Å². The minimum atomic E-state index is -0.223. The molecule has 0 N–H and O–H groups in total. The molecule has 0 spiro atoms. The van der Waals surface area contributed by atoms with Crippen molar-refractivity contribution in [1.82, 2.24) is 4.57 Å². The topological polar surface area (TPSA) is 49.7 Å². The molecule has 0 aliphatic heterocycles. The first kappa shape index (κ1) is 22.6. The van der Waals surface area contributed by atoms with Crippen molar-refractivity contribution in [2.75, 3.05) is 13.7 Å². The fourth-order valence-electron chi connectivity index (χ4n) is 3.03. The summed E-state index contributed by atoms with van der Waals surface area (Å²) in [4.78, 5) is 12.9. The van der Waals surface area contributed by atoms with Gasteiger partial charge < -0.3 is 18.8 Å². The molecule has 5 nitrogen and oxygen atoms in total. The zero-order chi connectivity index (χ0) is 21.6. The minimum absolute atomic E-state index is 0.137. The normalized spacial score (nSPS) is 11.7. The predicted molar refractivity (Wildman–Crippen MR) is 119 cm³/mol. The van der Waals surface area contributed by atoms with Crippen molar-refractivity contribution in [2.24, 2.45) is 7.05 Å². The lowest BCUT2D eigenvalue weighted by molar-refractivity contribution is 0.222. The van der Waals surface area contributed by atoms with E-state index in [4.69, 9.17) is 14.2 Å². The SMILES string of the molecule is COc1ccc2c(OC/C=C(\C)CCC=C(C)C)c(OC(C)C)c(=O)n(C)c2c1. The number of methoxy groups -OCH3 is 1. The van der Waals surface area contributed by atoms with Crippen LogP contribution in [-0.2, 0) is 7.05 Å². The number of nitrogens with zero attached hydrogens (tertiary/aromatic N) is 1.